The fourth-order valence-electron chi connectivity index (χ4n) is 3.93. The first-order valence-electron chi connectivity index (χ1n) is 10.5. The number of piperazine rings is 1. The molecule has 0 bridgehead atoms. The Kier molecular flexibility index (Phi) is 6.96. The highest BCUT2D eigenvalue weighted by atomic mass is 32.2. The minimum atomic E-state index is -4.18. The second-order valence-corrected chi connectivity index (χ2v) is 9.41. The molecule has 0 amide bonds. The minimum Gasteiger partial charge on any atom is -0.497 e. The summed E-state index contributed by atoms with van der Waals surface area (Å²) in [4.78, 5) is 3.78. The van der Waals surface area contributed by atoms with Gasteiger partial charge in [0.1, 0.15) is 28.0 Å². The highest BCUT2D eigenvalue weighted by molar-refractivity contribution is 7.89. The predicted molar refractivity (Wildman–Crippen MR) is 120 cm³/mol. The highest BCUT2D eigenvalue weighted by Crippen LogP contribution is 2.26. The number of nitrogens with zero attached hydrogens (tertiary/aromatic N) is 2. The summed E-state index contributed by atoms with van der Waals surface area (Å²) in [5.41, 5.74) is 1.08. The van der Waals surface area contributed by atoms with Crippen LogP contribution in [0.3, 0.4) is 0 Å². The third kappa shape index (κ3) is 5.35. The van der Waals surface area contributed by atoms with Crippen molar-refractivity contribution in [3.63, 3.8) is 0 Å². The van der Waals surface area contributed by atoms with Crippen molar-refractivity contribution in [2.24, 2.45) is 0 Å². The average molecular weight is 478 g/mol. The smallest absolute Gasteiger partial charge is 0.243 e. The van der Waals surface area contributed by atoms with Gasteiger partial charge in [0.15, 0.2) is 0 Å². The van der Waals surface area contributed by atoms with E-state index in [9.17, 15) is 17.2 Å². The topological polar surface area (TPSA) is 75.0 Å². The van der Waals surface area contributed by atoms with Crippen LogP contribution < -0.4 is 14.4 Å². The molecule has 2 heterocycles. The lowest BCUT2D eigenvalue weighted by molar-refractivity contribution is 0.166. The molecule has 33 heavy (non-hydrogen) atoms. The van der Waals surface area contributed by atoms with Crippen LogP contribution in [0.2, 0.25) is 0 Å². The SMILES string of the molecule is COc1ccc(N2CCN(C(CNS(=O)(=O)c3ccc(F)cc3F)c3ccco3)CC2)cc1. The molecule has 3 aromatic rings. The third-order valence-corrected chi connectivity index (χ3v) is 7.17. The number of methoxy groups -OCH3 is 1. The van der Waals surface area contributed by atoms with Crippen LogP contribution in [0.25, 0.3) is 0 Å². The maximum Gasteiger partial charge on any atom is 0.243 e. The fraction of sp³-hybridized carbons (Fsp3) is 0.304. The van der Waals surface area contributed by atoms with E-state index in [2.05, 4.69) is 14.5 Å². The number of ether oxygens (including phenoxy) is 1. The molecular weight excluding hydrogens is 452 g/mol. The van der Waals surface area contributed by atoms with Crippen LogP contribution in [-0.4, -0.2) is 53.2 Å². The van der Waals surface area contributed by atoms with E-state index < -0.39 is 26.6 Å². The van der Waals surface area contributed by atoms with Gasteiger partial charge in [-0.2, -0.15) is 0 Å². The van der Waals surface area contributed by atoms with Crippen molar-refractivity contribution in [3.05, 3.63) is 78.3 Å². The number of rotatable bonds is 8. The zero-order chi connectivity index (χ0) is 23.4. The zero-order valence-electron chi connectivity index (χ0n) is 18.1. The van der Waals surface area contributed by atoms with Crippen LogP contribution in [0.1, 0.15) is 11.8 Å². The molecule has 1 atom stereocenters. The Morgan fingerprint density at radius 2 is 1.79 bits per heavy atom. The Morgan fingerprint density at radius 1 is 1.06 bits per heavy atom. The Morgan fingerprint density at radius 3 is 2.39 bits per heavy atom. The summed E-state index contributed by atoms with van der Waals surface area (Å²) in [6, 6.07) is 13.4. The first kappa shape index (κ1) is 23.2. The monoisotopic (exact) mass is 477 g/mol. The van der Waals surface area contributed by atoms with Gasteiger partial charge in [0.2, 0.25) is 10.0 Å². The first-order valence-corrected chi connectivity index (χ1v) is 12.0. The van der Waals surface area contributed by atoms with Crippen LogP contribution in [0, 0.1) is 11.6 Å². The van der Waals surface area contributed by atoms with Crippen LogP contribution in [0.4, 0.5) is 14.5 Å². The molecule has 1 aliphatic heterocycles. The highest BCUT2D eigenvalue weighted by Gasteiger charge is 2.29. The zero-order valence-corrected chi connectivity index (χ0v) is 18.9. The maximum absolute atomic E-state index is 14.0. The second kappa shape index (κ2) is 9.90. The van der Waals surface area contributed by atoms with Gasteiger partial charge in [0.05, 0.1) is 19.4 Å². The molecule has 176 valence electrons. The lowest BCUT2D eigenvalue weighted by Crippen LogP contribution is -2.49. The summed E-state index contributed by atoms with van der Waals surface area (Å²) >= 11 is 0. The van der Waals surface area contributed by atoms with Crippen LogP contribution >= 0.6 is 0 Å². The summed E-state index contributed by atoms with van der Waals surface area (Å²) in [6.45, 7) is 2.80. The van der Waals surface area contributed by atoms with Crippen molar-refractivity contribution in [2.75, 3.05) is 44.7 Å². The van der Waals surface area contributed by atoms with Crippen molar-refractivity contribution in [2.45, 2.75) is 10.9 Å². The van der Waals surface area contributed by atoms with E-state index in [1.165, 1.54) is 6.26 Å². The van der Waals surface area contributed by atoms with Crippen LogP contribution in [0.15, 0.2) is 70.2 Å². The van der Waals surface area contributed by atoms with E-state index >= 15 is 0 Å². The molecule has 1 saturated heterocycles. The number of anilines is 1. The first-order chi connectivity index (χ1) is 15.9. The number of furan rings is 1. The number of hydrogen-bond acceptors (Lipinski definition) is 6. The van der Waals surface area contributed by atoms with Crippen molar-refractivity contribution >= 4 is 15.7 Å². The van der Waals surface area contributed by atoms with Gasteiger partial charge in [-0.1, -0.05) is 0 Å². The standard InChI is InChI=1S/C23H25F2N3O4S/c1-31-19-7-5-18(6-8-19)27-10-12-28(13-11-27)21(22-3-2-14-32-22)16-26-33(29,30)23-9-4-17(24)15-20(23)25/h2-9,14-15,21,26H,10-13,16H2,1H3. The van der Waals surface area contributed by atoms with E-state index in [1.54, 1.807) is 19.2 Å². The lowest BCUT2D eigenvalue weighted by atomic mass is 10.1. The van der Waals surface area contributed by atoms with Crippen LogP contribution in [0.5, 0.6) is 5.75 Å². The summed E-state index contributed by atoms with van der Waals surface area (Å²) in [5, 5.41) is 0. The number of hydrogen-bond donors (Lipinski definition) is 1. The van der Waals surface area contributed by atoms with Gasteiger partial charge in [0, 0.05) is 44.5 Å². The molecule has 2 aromatic carbocycles. The van der Waals surface area contributed by atoms with E-state index in [-0.39, 0.29) is 12.6 Å². The Balaban J connectivity index is 1.45. The summed E-state index contributed by atoms with van der Waals surface area (Å²) in [7, 11) is -2.55. The normalized spacial score (nSPS) is 16.0. The molecule has 1 aliphatic rings. The summed E-state index contributed by atoms with van der Waals surface area (Å²) < 4.78 is 65.8. The fourth-order valence-corrected chi connectivity index (χ4v) is 5.03. The van der Waals surface area contributed by atoms with E-state index in [0.717, 1.165) is 36.7 Å². The van der Waals surface area contributed by atoms with Crippen molar-refractivity contribution in [1.82, 2.24) is 9.62 Å². The van der Waals surface area contributed by atoms with Crippen molar-refractivity contribution in [3.8, 4) is 5.75 Å². The maximum atomic E-state index is 14.0. The van der Waals surface area contributed by atoms with E-state index in [4.69, 9.17) is 9.15 Å². The molecule has 4 rings (SSSR count). The molecule has 1 N–H and O–H groups in total. The van der Waals surface area contributed by atoms with Gasteiger partial charge in [-0.3, -0.25) is 4.90 Å². The Hall–Kier alpha value is -2.95. The lowest BCUT2D eigenvalue weighted by Gasteiger charge is -2.39. The molecular formula is C23H25F2N3O4S. The van der Waals surface area contributed by atoms with Gasteiger partial charge in [-0.25, -0.2) is 21.9 Å². The van der Waals surface area contributed by atoms with Gasteiger partial charge in [0.25, 0.3) is 0 Å². The number of halogens is 2. The third-order valence-electron chi connectivity index (χ3n) is 5.71. The van der Waals surface area contributed by atoms with Gasteiger partial charge in [-0.15, -0.1) is 0 Å². The quantitative estimate of drug-likeness (QED) is 0.536. The average Bonchev–Trinajstić information content (AvgIpc) is 3.34. The second-order valence-electron chi connectivity index (χ2n) is 7.68. The van der Waals surface area contributed by atoms with E-state index in [0.29, 0.717) is 24.9 Å². The number of nitrogens with one attached hydrogen (secondary N) is 1. The van der Waals surface area contributed by atoms with Crippen molar-refractivity contribution in [1.29, 1.82) is 0 Å². The summed E-state index contributed by atoms with van der Waals surface area (Å²) in [6.07, 6.45) is 1.53. The summed E-state index contributed by atoms with van der Waals surface area (Å²) in [5.74, 6) is -0.574. The Labute approximate surface area is 191 Å². The molecule has 1 fully saturated rings. The van der Waals surface area contributed by atoms with Gasteiger partial charge < -0.3 is 14.1 Å². The molecule has 0 spiro atoms. The predicted octanol–water partition coefficient (Wildman–Crippen LogP) is 3.41. The molecule has 0 aliphatic carbocycles. The van der Waals surface area contributed by atoms with Gasteiger partial charge in [-0.05, 0) is 48.5 Å². The molecule has 1 unspecified atom stereocenters. The molecule has 10 heteroatoms. The van der Waals surface area contributed by atoms with E-state index in [1.807, 2.05) is 24.3 Å². The van der Waals surface area contributed by atoms with Crippen molar-refractivity contribution < 1.29 is 26.4 Å². The number of sulfonamides is 1. The Bertz CT molecular complexity index is 1160. The van der Waals surface area contributed by atoms with Crippen LogP contribution in [-0.2, 0) is 10.0 Å². The molecule has 0 radical (unpaired) electrons. The van der Waals surface area contributed by atoms with Gasteiger partial charge >= 0.3 is 0 Å². The molecule has 1 aromatic heterocycles. The molecule has 0 saturated carbocycles. The molecule has 7 nitrogen and oxygen atoms in total. The minimum absolute atomic E-state index is 0.0187. The number of benzene rings is 2. The largest absolute Gasteiger partial charge is 0.497 e.